The zero-order valence-electron chi connectivity index (χ0n) is 7.53. The number of carbonyl (C=O) groups is 1. The van der Waals surface area contributed by atoms with Crippen molar-refractivity contribution >= 4 is 58.5 Å². The van der Waals surface area contributed by atoms with Crippen LogP contribution in [0.3, 0.4) is 0 Å². The Labute approximate surface area is 110 Å². The number of amides is 1. The molecule has 0 saturated heterocycles. The monoisotopic (exact) mass is 303 g/mol. The number of alkyl halides is 3. The lowest BCUT2D eigenvalue weighted by Crippen LogP contribution is -2.25. The number of hydrogen-bond donors (Lipinski definition) is 1. The van der Waals surface area contributed by atoms with E-state index in [2.05, 4.69) is 0 Å². The molecular formula is C8H5Cl3FNO2S. The summed E-state index contributed by atoms with van der Waals surface area (Å²) in [4.78, 5) is 10.9. The van der Waals surface area contributed by atoms with Gasteiger partial charge in [0.25, 0.3) is 0 Å². The number of carboxylic acid groups (broad SMARTS) is 1. The van der Waals surface area contributed by atoms with Gasteiger partial charge in [-0.3, -0.25) is 0 Å². The first-order valence-corrected chi connectivity index (χ1v) is 5.75. The number of rotatable bonds is 3. The fraction of sp³-hybridized carbons (Fsp3) is 0.125. The summed E-state index contributed by atoms with van der Waals surface area (Å²) in [5.74, 6) is 0. The number of nitrogens with zero attached hydrogens (tertiary/aromatic N) is 1. The van der Waals surface area contributed by atoms with Gasteiger partial charge in [-0.15, -0.1) is 0 Å². The second-order valence-electron chi connectivity index (χ2n) is 2.59. The van der Waals surface area contributed by atoms with Gasteiger partial charge < -0.3 is 5.11 Å². The van der Waals surface area contributed by atoms with Crippen molar-refractivity contribution in [3.63, 3.8) is 0 Å². The predicted molar refractivity (Wildman–Crippen MR) is 65.1 cm³/mol. The molecule has 0 aliphatic carbocycles. The molecule has 0 bridgehead atoms. The molecule has 0 aromatic heterocycles. The highest BCUT2D eigenvalue weighted by Crippen LogP contribution is 2.41. The third kappa shape index (κ3) is 4.25. The van der Waals surface area contributed by atoms with Gasteiger partial charge >= 0.3 is 10.0 Å². The Bertz CT molecular complexity index is 399. The van der Waals surface area contributed by atoms with Gasteiger partial charge in [0.2, 0.25) is 0 Å². The van der Waals surface area contributed by atoms with Crippen LogP contribution in [0.1, 0.15) is 0 Å². The number of hydrogen-bond acceptors (Lipinski definition) is 2. The summed E-state index contributed by atoms with van der Waals surface area (Å²) in [6, 6.07) is 5.87. The third-order valence-electron chi connectivity index (χ3n) is 1.41. The van der Waals surface area contributed by atoms with Crippen molar-refractivity contribution in [2.24, 2.45) is 0 Å². The van der Waals surface area contributed by atoms with Crippen LogP contribution in [0.25, 0.3) is 0 Å². The highest BCUT2D eigenvalue weighted by molar-refractivity contribution is 8.04. The summed E-state index contributed by atoms with van der Waals surface area (Å²) in [5.41, 5.74) is 0.160. The maximum absolute atomic E-state index is 12.9. The normalized spacial score (nSPS) is 11.2. The number of benzene rings is 1. The summed E-state index contributed by atoms with van der Waals surface area (Å²) in [6.45, 7) is 0. The molecule has 8 heteroatoms. The van der Waals surface area contributed by atoms with Gasteiger partial charge in [-0.1, -0.05) is 40.9 Å². The van der Waals surface area contributed by atoms with Crippen LogP contribution in [-0.4, -0.2) is 15.1 Å². The molecule has 1 amide bonds. The van der Waals surface area contributed by atoms with E-state index < -0.39 is 10.0 Å². The average molecular weight is 305 g/mol. The largest absolute Gasteiger partial charge is 0.464 e. The van der Waals surface area contributed by atoms with Crippen LogP contribution in [0, 0.1) is 0 Å². The second-order valence-corrected chi connectivity index (χ2v) is 5.82. The van der Waals surface area contributed by atoms with Gasteiger partial charge in [-0.25, -0.2) is 9.10 Å². The molecule has 0 heterocycles. The Morgan fingerprint density at radius 2 is 2.12 bits per heavy atom. The quantitative estimate of drug-likeness (QED) is 0.659. The standard InChI is InChI=1S/C8H5Cl3FNO2S/c9-5-2-1-3-6(4-5)13(7(14)15)16-8(10,11)12/h1-4H,(H,14,15). The Kier molecular flexibility index (Phi) is 4.55. The second kappa shape index (κ2) is 5.31. The van der Waals surface area contributed by atoms with Gasteiger partial charge in [-0.2, -0.15) is 4.39 Å². The van der Waals surface area contributed by atoms with Gasteiger partial charge in [0.05, 0.1) is 5.69 Å². The maximum Gasteiger partial charge on any atom is 0.422 e. The van der Waals surface area contributed by atoms with Crippen molar-refractivity contribution in [3.8, 4) is 0 Å². The van der Waals surface area contributed by atoms with Gasteiger partial charge in [0.15, 0.2) is 0 Å². The zero-order valence-corrected chi connectivity index (χ0v) is 10.6. The highest BCUT2D eigenvalue weighted by atomic mass is 35.5. The first-order chi connectivity index (χ1) is 7.29. The van der Waals surface area contributed by atoms with Crippen LogP contribution in [0.2, 0.25) is 5.02 Å². The lowest BCUT2D eigenvalue weighted by Gasteiger charge is -2.20. The molecule has 1 aromatic carbocycles. The van der Waals surface area contributed by atoms with Crippen LogP contribution in [-0.2, 0) is 0 Å². The minimum atomic E-state index is -2.74. The van der Waals surface area contributed by atoms with Crippen molar-refractivity contribution in [2.75, 3.05) is 4.31 Å². The zero-order chi connectivity index (χ0) is 12.3. The van der Waals surface area contributed by atoms with E-state index in [-0.39, 0.29) is 17.6 Å². The predicted octanol–water partition coefficient (Wildman–Crippen LogP) is 4.53. The molecule has 3 nitrogen and oxygen atoms in total. The molecule has 1 N–H and O–H groups in total. The third-order valence-corrected chi connectivity index (χ3v) is 2.82. The molecule has 0 radical (unpaired) electrons. The first-order valence-electron chi connectivity index (χ1n) is 3.84. The van der Waals surface area contributed by atoms with Gasteiger partial charge in [0.1, 0.15) is 0 Å². The van der Waals surface area contributed by atoms with Crippen LogP contribution in [0.4, 0.5) is 14.9 Å². The summed E-state index contributed by atoms with van der Waals surface area (Å²) >= 11 is 16.0. The summed E-state index contributed by atoms with van der Waals surface area (Å²) in [5, 5.41) is 9.18. The lowest BCUT2D eigenvalue weighted by atomic mass is 10.3. The van der Waals surface area contributed by atoms with E-state index in [4.69, 9.17) is 39.9 Å². The fourth-order valence-electron chi connectivity index (χ4n) is 0.908. The Morgan fingerprint density at radius 3 is 2.56 bits per heavy atom. The molecule has 0 aliphatic rings. The summed E-state index contributed by atoms with van der Waals surface area (Å²) in [6.07, 6.45) is -1.41. The summed E-state index contributed by atoms with van der Waals surface area (Å²) < 4.78 is 10.8. The minimum absolute atomic E-state index is 0.111. The minimum Gasteiger partial charge on any atom is -0.464 e. The maximum atomic E-state index is 12.9. The molecule has 0 atom stereocenters. The Morgan fingerprint density at radius 1 is 1.50 bits per heavy atom. The highest BCUT2D eigenvalue weighted by Gasteiger charge is 2.31. The van der Waals surface area contributed by atoms with Crippen LogP contribution in [0.5, 0.6) is 0 Å². The Hall–Kier alpha value is -0.360. The molecule has 1 rings (SSSR count). The molecule has 0 unspecified atom stereocenters. The van der Waals surface area contributed by atoms with E-state index in [0.717, 1.165) is 0 Å². The number of anilines is 1. The molecular weight excluding hydrogens is 300 g/mol. The average Bonchev–Trinajstić information content (AvgIpc) is 2.12. The molecule has 0 fully saturated rings. The van der Waals surface area contributed by atoms with E-state index in [1.165, 1.54) is 18.2 Å². The van der Waals surface area contributed by atoms with E-state index in [0.29, 0.717) is 9.33 Å². The molecule has 0 spiro atoms. The molecule has 88 valence electrons. The van der Waals surface area contributed by atoms with Crippen LogP contribution >= 0.6 is 46.8 Å². The van der Waals surface area contributed by atoms with Crippen molar-refractivity contribution in [3.05, 3.63) is 29.3 Å². The van der Waals surface area contributed by atoms with E-state index in [1.807, 2.05) is 0 Å². The van der Waals surface area contributed by atoms with E-state index >= 15 is 0 Å². The van der Waals surface area contributed by atoms with E-state index in [9.17, 15) is 9.18 Å². The molecule has 0 aliphatic heterocycles. The van der Waals surface area contributed by atoms with Crippen molar-refractivity contribution in [1.29, 1.82) is 0 Å². The van der Waals surface area contributed by atoms with Gasteiger partial charge in [-0.05, 0) is 18.2 Å². The first kappa shape index (κ1) is 13.7. The van der Waals surface area contributed by atoms with Crippen molar-refractivity contribution in [1.82, 2.24) is 0 Å². The van der Waals surface area contributed by atoms with E-state index in [1.54, 1.807) is 6.07 Å². The topological polar surface area (TPSA) is 40.5 Å². The lowest BCUT2D eigenvalue weighted by molar-refractivity contribution is 0.206. The Balaban J connectivity index is 2.99. The van der Waals surface area contributed by atoms with Gasteiger partial charge in [0, 0.05) is 17.0 Å². The molecule has 16 heavy (non-hydrogen) atoms. The van der Waals surface area contributed by atoms with Crippen molar-refractivity contribution in [2.45, 2.75) is 3.92 Å². The SMILES string of the molecule is O=C(O)N(SC(F)(Cl)Cl)c1cccc(Cl)c1. The molecule has 0 saturated carbocycles. The molecule has 1 aromatic rings. The van der Waals surface area contributed by atoms with Crippen LogP contribution < -0.4 is 4.31 Å². The number of halogens is 4. The fourth-order valence-corrected chi connectivity index (χ4v) is 2.01. The smallest absolute Gasteiger partial charge is 0.422 e. The van der Waals surface area contributed by atoms with Crippen LogP contribution in [0.15, 0.2) is 24.3 Å². The summed E-state index contributed by atoms with van der Waals surface area (Å²) in [7, 11) is 0. The van der Waals surface area contributed by atoms with Crippen molar-refractivity contribution < 1.29 is 14.3 Å².